The van der Waals surface area contributed by atoms with Crippen LogP contribution < -0.4 is 11.1 Å². The number of carboxylic acid groups (broad SMARTS) is 1. The smallest absolute Gasteiger partial charge is 0.325 e. The number of aliphatic carboxylic acids is 1. The number of halogens is 1. The Labute approximate surface area is 203 Å². The Morgan fingerprint density at radius 1 is 1.34 bits per heavy atom. The Morgan fingerprint density at radius 2 is 2.11 bits per heavy atom. The van der Waals surface area contributed by atoms with Crippen LogP contribution in [0.2, 0.25) is 5.02 Å². The number of fused-ring (bicyclic) bond motifs is 2. The molecule has 5 N–H and O–H groups in total. The number of nitrogens with two attached hydrogens (primary N) is 1. The third-order valence-electron chi connectivity index (χ3n) is 5.81. The number of amides is 2. The first-order chi connectivity index (χ1) is 16.7. The van der Waals surface area contributed by atoms with Crippen molar-refractivity contribution in [2.75, 3.05) is 13.1 Å². The molecule has 0 bridgehead atoms. The average Bonchev–Trinajstić information content (AvgIpc) is 3.37. The lowest BCUT2D eigenvalue weighted by molar-refractivity contribution is -0.138. The van der Waals surface area contributed by atoms with Crippen molar-refractivity contribution >= 4 is 51.5 Å². The third-order valence-corrected chi connectivity index (χ3v) is 6.04. The van der Waals surface area contributed by atoms with Crippen molar-refractivity contribution in [2.24, 2.45) is 5.73 Å². The van der Waals surface area contributed by atoms with E-state index in [0.717, 1.165) is 0 Å². The Kier molecular flexibility index (Phi) is 5.61. The second kappa shape index (κ2) is 8.64. The van der Waals surface area contributed by atoms with Gasteiger partial charge in [-0.1, -0.05) is 11.6 Å². The first kappa shape index (κ1) is 22.7. The summed E-state index contributed by atoms with van der Waals surface area (Å²) in [6.07, 6.45) is 2.96. The number of aromatic amines is 1. The number of carboxylic acids is 1. The molecule has 1 saturated heterocycles. The number of aromatic nitrogens is 5. The molecule has 0 spiro atoms. The molecule has 3 aromatic heterocycles. The van der Waals surface area contributed by atoms with Crippen LogP contribution in [-0.4, -0.2) is 77.7 Å². The van der Waals surface area contributed by atoms with Crippen LogP contribution in [0, 0.1) is 0 Å². The Hall–Kier alpha value is -4.03. The molecule has 4 aromatic rings. The van der Waals surface area contributed by atoms with E-state index in [1.807, 2.05) is 0 Å². The molecule has 35 heavy (non-hydrogen) atoms. The Bertz CT molecular complexity index is 1490. The van der Waals surface area contributed by atoms with Crippen LogP contribution in [0.4, 0.5) is 0 Å². The van der Waals surface area contributed by atoms with Crippen molar-refractivity contribution in [2.45, 2.75) is 25.6 Å². The van der Waals surface area contributed by atoms with Gasteiger partial charge >= 0.3 is 5.97 Å². The maximum atomic E-state index is 13.0. The van der Waals surface area contributed by atoms with Crippen molar-refractivity contribution in [1.82, 2.24) is 34.9 Å². The highest BCUT2D eigenvalue weighted by Gasteiger charge is 2.31. The van der Waals surface area contributed by atoms with Gasteiger partial charge in [-0.2, -0.15) is 5.10 Å². The van der Waals surface area contributed by atoms with Crippen molar-refractivity contribution < 1.29 is 19.5 Å². The quantitative estimate of drug-likeness (QED) is 0.306. The zero-order chi connectivity index (χ0) is 24.9. The Morgan fingerprint density at radius 3 is 2.83 bits per heavy atom. The summed E-state index contributed by atoms with van der Waals surface area (Å²) in [5.41, 5.74) is 7.90. The van der Waals surface area contributed by atoms with Gasteiger partial charge in [0.25, 0.3) is 5.91 Å². The van der Waals surface area contributed by atoms with Gasteiger partial charge < -0.3 is 26.0 Å². The number of hydrogen-bond acceptors (Lipinski definition) is 7. The summed E-state index contributed by atoms with van der Waals surface area (Å²) >= 11 is 6.11. The summed E-state index contributed by atoms with van der Waals surface area (Å²) in [5, 5.41) is 17.5. The molecular weight excluding hydrogens is 476 g/mol. The van der Waals surface area contributed by atoms with Gasteiger partial charge in [0.15, 0.2) is 5.65 Å². The van der Waals surface area contributed by atoms with E-state index in [9.17, 15) is 19.5 Å². The molecule has 1 aliphatic heterocycles. The first-order valence-electron chi connectivity index (χ1n) is 10.8. The lowest BCUT2D eigenvalue weighted by Crippen LogP contribution is -2.61. The molecule has 12 nitrogen and oxygen atoms in total. The lowest BCUT2D eigenvalue weighted by Gasteiger charge is -2.38. The van der Waals surface area contributed by atoms with E-state index in [4.69, 9.17) is 17.3 Å². The van der Waals surface area contributed by atoms with Crippen molar-refractivity contribution in [3.63, 3.8) is 0 Å². The summed E-state index contributed by atoms with van der Waals surface area (Å²) in [6.45, 7) is 2.18. The van der Waals surface area contributed by atoms with Crippen LogP contribution >= 0.6 is 11.6 Å². The van der Waals surface area contributed by atoms with Crippen LogP contribution in [0.15, 0.2) is 30.6 Å². The number of rotatable bonds is 6. The minimum atomic E-state index is -1.06. The molecule has 2 amide bonds. The monoisotopic (exact) mass is 496 g/mol. The second-order valence-electron chi connectivity index (χ2n) is 8.41. The van der Waals surface area contributed by atoms with Gasteiger partial charge in [0.1, 0.15) is 29.5 Å². The number of benzene rings is 1. The normalized spacial score (nSPS) is 14.8. The zero-order valence-corrected chi connectivity index (χ0v) is 19.3. The third kappa shape index (κ3) is 4.17. The minimum absolute atomic E-state index is 0.0322. The summed E-state index contributed by atoms with van der Waals surface area (Å²) in [6, 6.07) is 4.25. The molecule has 0 unspecified atom stereocenters. The molecule has 1 fully saturated rings. The van der Waals surface area contributed by atoms with Gasteiger partial charge in [-0.05, 0) is 25.1 Å². The average molecular weight is 497 g/mol. The summed E-state index contributed by atoms with van der Waals surface area (Å²) in [4.78, 5) is 50.2. The van der Waals surface area contributed by atoms with Gasteiger partial charge in [-0.25, -0.2) is 9.97 Å². The van der Waals surface area contributed by atoms with Gasteiger partial charge in [0.2, 0.25) is 5.91 Å². The number of nitrogens with zero attached hydrogens (tertiary/aromatic N) is 5. The van der Waals surface area contributed by atoms with Crippen molar-refractivity contribution in [3.05, 3.63) is 41.2 Å². The molecule has 1 atom stereocenters. The van der Waals surface area contributed by atoms with Crippen LogP contribution in [0.1, 0.15) is 17.3 Å². The summed E-state index contributed by atoms with van der Waals surface area (Å²) in [7, 11) is 0. The molecule has 4 heterocycles. The lowest BCUT2D eigenvalue weighted by atomic mass is 10.1. The SMILES string of the molecule is C[C@@H](NC(=O)c1c[nH]c2ncc(-c3nn(CC(=O)O)c4cc(Cl)ccc34)nc12)C(=O)N1CC(N)C1. The van der Waals surface area contributed by atoms with Gasteiger partial charge in [-0.15, -0.1) is 0 Å². The van der Waals surface area contributed by atoms with Crippen molar-refractivity contribution in [3.8, 4) is 11.4 Å². The number of carbonyl (C=O) groups excluding carboxylic acids is 2. The molecule has 1 aliphatic rings. The number of likely N-dealkylation sites (tertiary alicyclic amines) is 1. The molecule has 5 rings (SSSR count). The standard InChI is InChI=1S/C22H21ClN8O4/c1-10(22(35)30-7-12(24)8-30)27-21(34)14-5-25-20-19(14)28-15(6-26-20)18-13-3-2-11(23)4-16(13)31(29-18)9-17(32)33/h2-6,10,12H,7-9,24H2,1H3,(H,25,26)(H,27,34)(H,32,33)/t10-/m1/s1. The van der Waals surface area contributed by atoms with E-state index in [0.29, 0.717) is 51.6 Å². The Balaban J connectivity index is 1.48. The fraction of sp³-hybridized carbons (Fsp3) is 0.273. The minimum Gasteiger partial charge on any atom is -0.480 e. The van der Waals surface area contributed by atoms with Crippen molar-refractivity contribution in [1.29, 1.82) is 0 Å². The molecule has 1 aromatic carbocycles. The molecule has 180 valence electrons. The van der Waals surface area contributed by atoms with E-state index >= 15 is 0 Å². The number of nitrogens with one attached hydrogen (secondary N) is 2. The maximum absolute atomic E-state index is 13.0. The fourth-order valence-corrected chi connectivity index (χ4v) is 4.23. The highest BCUT2D eigenvalue weighted by atomic mass is 35.5. The van der Waals surface area contributed by atoms with Gasteiger partial charge in [0, 0.05) is 35.7 Å². The fourth-order valence-electron chi connectivity index (χ4n) is 4.07. The number of carbonyl (C=O) groups is 3. The molecule has 0 saturated carbocycles. The predicted octanol–water partition coefficient (Wildman–Crippen LogP) is 1.00. The first-order valence-corrected chi connectivity index (χ1v) is 11.2. The van der Waals surface area contributed by atoms with Crippen LogP contribution in [0.5, 0.6) is 0 Å². The number of hydrogen-bond donors (Lipinski definition) is 4. The van der Waals surface area contributed by atoms with Gasteiger partial charge in [0.05, 0.1) is 17.3 Å². The topological polar surface area (TPSA) is 172 Å². The molecule has 0 radical (unpaired) electrons. The predicted molar refractivity (Wildman–Crippen MR) is 127 cm³/mol. The van der Waals surface area contributed by atoms with Gasteiger partial charge in [-0.3, -0.25) is 19.1 Å². The summed E-state index contributed by atoms with van der Waals surface area (Å²) < 4.78 is 1.32. The van der Waals surface area contributed by atoms with Crippen LogP contribution in [0.3, 0.4) is 0 Å². The van der Waals surface area contributed by atoms with E-state index in [-0.39, 0.29) is 24.1 Å². The zero-order valence-electron chi connectivity index (χ0n) is 18.5. The van der Waals surface area contributed by atoms with Crippen LogP contribution in [-0.2, 0) is 16.1 Å². The van der Waals surface area contributed by atoms with E-state index < -0.39 is 17.9 Å². The van der Waals surface area contributed by atoms with E-state index in [1.54, 1.807) is 30.0 Å². The molecular formula is C22H21ClN8O4. The molecule has 13 heteroatoms. The highest BCUT2D eigenvalue weighted by Crippen LogP contribution is 2.30. The maximum Gasteiger partial charge on any atom is 0.325 e. The van der Waals surface area contributed by atoms with Crippen LogP contribution in [0.25, 0.3) is 33.5 Å². The molecule has 0 aliphatic carbocycles. The second-order valence-corrected chi connectivity index (χ2v) is 8.85. The highest BCUT2D eigenvalue weighted by molar-refractivity contribution is 6.31. The largest absolute Gasteiger partial charge is 0.480 e. The van der Waals surface area contributed by atoms with E-state index in [1.165, 1.54) is 17.1 Å². The number of H-pyrrole nitrogens is 1. The summed E-state index contributed by atoms with van der Waals surface area (Å²) in [5.74, 6) is -1.75. The van der Waals surface area contributed by atoms with E-state index in [2.05, 4.69) is 25.4 Å².